The minimum absolute atomic E-state index is 0.0226. The van der Waals surface area contributed by atoms with Gasteiger partial charge in [-0.1, -0.05) is 29.8 Å². The van der Waals surface area contributed by atoms with E-state index in [4.69, 9.17) is 16.3 Å². The summed E-state index contributed by atoms with van der Waals surface area (Å²) in [7, 11) is -1.43. The fourth-order valence-electron chi connectivity index (χ4n) is 4.01. The molecule has 0 saturated carbocycles. The molecule has 0 bridgehead atoms. The molecule has 208 valence electrons. The number of nitrogens with one attached hydrogen (secondary N) is 1. The van der Waals surface area contributed by atoms with Gasteiger partial charge < -0.3 is 10.1 Å². The molecule has 14 heteroatoms. The first-order chi connectivity index (χ1) is 18.9. The van der Waals surface area contributed by atoms with E-state index < -0.39 is 43.5 Å². The summed E-state index contributed by atoms with van der Waals surface area (Å²) in [6.07, 6.45) is 0. The van der Waals surface area contributed by atoms with E-state index in [1.807, 2.05) is 0 Å². The molecule has 1 N–H and O–H groups in total. The maximum atomic E-state index is 13.7. The van der Waals surface area contributed by atoms with E-state index in [-0.39, 0.29) is 16.4 Å². The molecular formula is C26H24ClN5O7S. The lowest BCUT2D eigenvalue weighted by molar-refractivity contribution is -0.384. The number of hydrogen-bond donors (Lipinski definition) is 1. The summed E-state index contributed by atoms with van der Waals surface area (Å²) in [6.45, 7) is 0.894. The normalized spacial score (nSPS) is 11.2. The maximum Gasteiger partial charge on any atom is 0.295 e. The third-order valence-electron chi connectivity index (χ3n) is 6.17. The fourth-order valence-corrected chi connectivity index (χ4v) is 5.63. The minimum Gasteiger partial charge on any atom is -0.497 e. The van der Waals surface area contributed by atoms with Gasteiger partial charge in [-0.25, -0.2) is 13.1 Å². The number of sulfonamides is 1. The molecule has 0 aliphatic carbocycles. The van der Waals surface area contributed by atoms with E-state index in [9.17, 15) is 28.1 Å². The van der Waals surface area contributed by atoms with Crippen molar-refractivity contribution in [1.29, 1.82) is 0 Å². The molecule has 0 unspecified atom stereocenters. The van der Waals surface area contributed by atoms with E-state index >= 15 is 0 Å². The van der Waals surface area contributed by atoms with Crippen molar-refractivity contribution in [2.75, 3.05) is 23.3 Å². The van der Waals surface area contributed by atoms with Crippen LogP contribution in [0, 0.1) is 17.0 Å². The number of para-hydroxylation sites is 1. The number of nitro groups is 1. The number of benzene rings is 3. The Hall–Kier alpha value is -4.62. The largest absolute Gasteiger partial charge is 0.497 e. The van der Waals surface area contributed by atoms with Gasteiger partial charge in [-0.2, -0.15) is 0 Å². The zero-order valence-corrected chi connectivity index (χ0v) is 23.1. The Balaban J connectivity index is 1.73. The average molecular weight is 586 g/mol. The highest BCUT2D eigenvalue weighted by Crippen LogP contribution is 2.31. The van der Waals surface area contributed by atoms with Gasteiger partial charge in [0.25, 0.3) is 21.3 Å². The molecule has 0 aliphatic heterocycles. The van der Waals surface area contributed by atoms with Gasteiger partial charge in [0.1, 0.15) is 23.0 Å². The number of rotatable bonds is 9. The van der Waals surface area contributed by atoms with Crippen LogP contribution in [0.1, 0.15) is 5.69 Å². The van der Waals surface area contributed by atoms with E-state index in [2.05, 4.69) is 5.32 Å². The van der Waals surface area contributed by atoms with Gasteiger partial charge in [-0.3, -0.25) is 28.7 Å². The number of amides is 1. The number of carbonyl (C=O) groups is 1. The van der Waals surface area contributed by atoms with Gasteiger partial charge in [0.05, 0.1) is 34.0 Å². The second-order valence-corrected chi connectivity index (χ2v) is 10.8. The van der Waals surface area contributed by atoms with Crippen LogP contribution in [0.5, 0.6) is 5.75 Å². The second-order valence-electron chi connectivity index (χ2n) is 8.56. The van der Waals surface area contributed by atoms with Crippen LogP contribution in [0.3, 0.4) is 0 Å². The number of carbonyl (C=O) groups excluding carboxylic acids is 1. The first-order valence-electron chi connectivity index (χ1n) is 11.7. The quantitative estimate of drug-likeness (QED) is 0.232. The Morgan fingerprint density at radius 3 is 2.35 bits per heavy atom. The van der Waals surface area contributed by atoms with Crippen molar-refractivity contribution in [3.63, 3.8) is 0 Å². The predicted octanol–water partition coefficient (Wildman–Crippen LogP) is 3.89. The van der Waals surface area contributed by atoms with Crippen LogP contribution in [0.4, 0.5) is 17.1 Å². The highest BCUT2D eigenvalue weighted by Gasteiger charge is 2.30. The summed E-state index contributed by atoms with van der Waals surface area (Å²) in [6, 6.07) is 17.7. The molecule has 1 amide bonds. The Morgan fingerprint density at radius 1 is 1.10 bits per heavy atom. The van der Waals surface area contributed by atoms with E-state index in [1.54, 1.807) is 49.0 Å². The number of halogens is 1. The van der Waals surface area contributed by atoms with Gasteiger partial charge in [-0.05, 0) is 55.5 Å². The molecule has 0 atom stereocenters. The smallest absolute Gasteiger partial charge is 0.295 e. The highest BCUT2D eigenvalue weighted by molar-refractivity contribution is 7.92. The number of hydrogen-bond acceptors (Lipinski definition) is 7. The fraction of sp³-hybridized carbons (Fsp3) is 0.154. The average Bonchev–Trinajstić information content (AvgIpc) is 3.14. The first kappa shape index (κ1) is 28.4. The number of aromatic nitrogens is 2. The van der Waals surface area contributed by atoms with Crippen LogP contribution in [0.25, 0.3) is 5.69 Å². The van der Waals surface area contributed by atoms with Crippen LogP contribution in [0.2, 0.25) is 5.02 Å². The Bertz CT molecular complexity index is 1750. The SMILES string of the molecule is COc1ccc(N(CC(=O)Nc2c(C)n(C)n(-c3ccccc3)c2=O)S(=O)(=O)c2ccc(Cl)c([N+](=O)[O-])c2)cc1. The van der Waals surface area contributed by atoms with Crippen molar-refractivity contribution < 1.29 is 22.9 Å². The molecule has 3 aromatic carbocycles. The standard InChI is InChI=1S/C26H24ClN5O7S/c1-17-25(26(34)31(29(17)2)19-7-5-4-6-8-19)28-24(33)16-30(18-9-11-20(39-3)12-10-18)40(37,38)21-13-14-22(27)23(15-21)32(35)36/h4-15H,16H2,1-3H3,(H,28,33). The number of nitrogens with zero attached hydrogens (tertiary/aromatic N) is 4. The molecule has 4 aromatic rings. The van der Waals surface area contributed by atoms with Crippen LogP contribution >= 0.6 is 11.6 Å². The number of ether oxygens (including phenoxy) is 1. The molecule has 0 aliphatic rings. The summed E-state index contributed by atoms with van der Waals surface area (Å²) in [5.74, 6) is -0.372. The third kappa shape index (κ3) is 5.42. The van der Waals surface area contributed by atoms with Crippen LogP contribution < -0.4 is 19.9 Å². The topological polar surface area (TPSA) is 146 Å². The number of methoxy groups -OCH3 is 1. The third-order valence-corrected chi connectivity index (χ3v) is 8.26. The van der Waals surface area contributed by atoms with Crippen LogP contribution in [-0.4, -0.2) is 42.3 Å². The Kier molecular flexibility index (Phi) is 7.98. The number of nitro benzene ring substituents is 1. The van der Waals surface area contributed by atoms with Crippen molar-refractivity contribution >= 4 is 44.6 Å². The van der Waals surface area contributed by atoms with Crippen molar-refractivity contribution in [1.82, 2.24) is 9.36 Å². The summed E-state index contributed by atoms with van der Waals surface area (Å²) >= 11 is 5.87. The summed E-state index contributed by atoms with van der Waals surface area (Å²) in [5, 5.41) is 13.7. The lowest BCUT2D eigenvalue weighted by atomic mass is 10.3. The van der Waals surface area contributed by atoms with Crippen molar-refractivity contribution in [3.8, 4) is 11.4 Å². The molecule has 0 saturated heterocycles. The molecule has 4 rings (SSSR count). The Labute approximate surface area is 234 Å². The summed E-state index contributed by atoms with van der Waals surface area (Å²) < 4.78 is 36.3. The monoisotopic (exact) mass is 585 g/mol. The Morgan fingerprint density at radius 2 is 1.75 bits per heavy atom. The molecule has 1 aromatic heterocycles. The van der Waals surface area contributed by atoms with Crippen molar-refractivity contribution in [3.05, 3.63) is 104 Å². The summed E-state index contributed by atoms with van der Waals surface area (Å²) in [5.41, 5.74) is -0.0414. The predicted molar refractivity (Wildman–Crippen MR) is 150 cm³/mol. The molecule has 1 heterocycles. The molecule has 40 heavy (non-hydrogen) atoms. The van der Waals surface area contributed by atoms with E-state index in [0.29, 0.717) is 17.1 Å². The zero-order chi connectivity index (χ0) is 29.2. The molecule has 0 radical (unpaired) electrons. The molecular weight excluding hydrogens is 562 g/mol. The van der Waals surface area contributed by atoms with E-state index in [1.165, 1.54) is 36.1 Å². The minimum atomic E-state index is -4.52. The van der Waals surface area contributed by atoms with Gasteiger partial charge in [0.15, 0.2) is 0 Å². The lowest BCUT2D eigenvalue weighted by Gasteiger charge is -2.24. The lowest BCUT2D eigenvalue weighted by Crippen LogP contribution is -2.38. The maximum absolute atomic E-state index is 13.7. The van der Waals surface area contributed by atoms with Gasteiger partial charge >= 0.3 is 0 Å². The van der Waals surface area contributed by atoms with E-state index in [0.717, 1.165) is 22.5 Å². The van der Waals surface area contributed by atoms with Crippen LogP contribution in [-0.2, 0) is 21.9 Å². The van der Waals surface area contributed by atoms with Gasteiger partial charge in [0, 0.05) is 13.1 Å². The van der Waals surface area contributed by atoms with Crippen molar-refractivity contribution in [2.24, 2.45) is 7.05 Å². The van der Waals surface area contributed by atoms with Crippen LogP contribution in [0.15, 0.2) is 82.5 Å². The van der Waals surface area contributed by atoms with Gasteiger partial charge in [0.2, 0.25) is 5.91 Å². The molecule has 0 spiro atoms. The number of anilines is 2. The van der Waals surface area contributed by atoms with Crippen molar-refractivity contribution in [2.45, 2.75) is 11.8 Å². The van der Waals surface area contributed by atoms with Gasteiger partial charge in [-0.15, -0.1) is 0 Å². The molecule has 12 nitrogen and oxygen atoms in total. The second kappa shape index (κ2) is 11.2. The molecule has 0 fully saturated rings. The summed E-state index contributed by atoms with van der Waals surface area (Å²) in [4.78, 5) is 36.6. The first-order valence-corrected chi connectivity index (χ1v) is 13.5. The highest BCUT2D eigenvalue weighted by atomic mass is 35.5. The zero-order valence-electron chi connectivity index (χ0n) is 21.6.